The van der Waals surface area contributed by atoms with E-state index in [1.54, 1.807) is 28.9 Å². The summed E-state index contributed by atoms with van der Waals surface area (Å²) >= 11 is 0. The molecule has 33 heavy (non-hydrogen) atoms. The number of aliphatic hydroxyl groups is 1. The maximum absolute atomic E-state index is 14.1. The minimum absolute atomic E-state index is 0.272. The van der Waals surface area contributed by atoms with Gasteiger partial charge in [-0.2, -0.15) is 18.3 Å². The molecule has 0 aliphatic carbocycles. The number of para-hydroxylation sites is 1. The van der Waals surface area contributed by atoms with Crippen LogP contribution in [-0.4, -0.2) is 27.7 Å². The minimum Gasteiger partial charge on any atom is -0.489 e. The van der Waals surface area contributed by atoms with Crippen molar-refractivity contribution in [3.63, 3.8) is 0 Å². The lowest BCUT2D eigenvalue weighted by atomic mass is 9.93. The first-order valence-electron chi connectivity index (χ1n) is 10.3. The van der Waals surface area contributed by atoms with Gasteiger partial charge in [0.05, 0.1) is 17.4 Å². The number of hydrogen-bond acceptors (Lipinski definition) is 3. The molecule has 4 nitrogen and oxygen atoms in total. The average Bonchev–Trinajstić information content (AvgIpc) is 3.25. The molecule has 7 heteroatoms. The van der Waals surface area contributed by atoms with Crippen LogP contribution in [0.2, 0.25) is 0 Å². The van der Waals surface area contributed by atoms with Crippen molar-refractivity contribution in [2.24, 2.45) is 0 Å². The van der Waals surface area contributed by atoms with Crippen LogP contribution in [0.4, 0.5) is 13.2 Å². The highest BCUT2D eigenvalue weighted by Gasteiger charge is 2.56. The highest BCUT2D eigenvalue weighted by Crippen LogP contribution is 2.41. The number of fused-ring (bicyclic) bond motifs is 2. The number of alkyl halides is 3. The standard InChI is InChI=1S/C26H19F3N2O2/c27-26(28,29)25(32,17-33-24-12-6-8-18-7-4-5-11-22(18)24)20-13-14-23-19(15-20)16-30-31(23)21-9-2-1-3-10-21/h1-16,32H,17H2. The van der Waals surface area contributed by atoms with Crippen LogP contribution in [-0.2, 0) is 5.60 Å². The second-order valence-electron chi connectivity index (χ2n) is 7.79. The predicted molar refractivity (Wildman–Crippen MR) is 120 cm³/mol. The van der Waals surface area contributed by atoms with Gasteiger partial charge in [0.2, 0.25) is 5.60 Å². The van der Waals surface area contributed by atoms with E-state index in [0.29, 0.717) is 16.3 Å². The summed E-state index contributed by atoms with van der Waals surface area (Å²) < 4.78 is 49.6. The summed E-state index contributed by atoms with van der Waals surface area (Å²) in [6.07, 6.45) is -3.48. The van der Waals surface area contributed by atoms with Gasteiger partial charge in [-0.25, -0.2) is 4.68 Å². The van der Waals surface area contributed by atoms with Gasteiger partial charge >= 0.3 is 6.18 Å². The second kappa shape index (κ2) is 7.94. The van der Waals surface area contributed by atoms with E-state index in [0.717, 1.165) is 11.1 Å². The third kappa shape index (κ3) is 3.70. The molecule has 0 saturated carbocycles. The molecule has 0 aliphatic rings. The normalized spacial score (nSPS) is 13.8. The summed E-state index contributed by atoms with van der Waals surface area (Å²) in [4.78, 5) is 0. The van der Waals surface area contributed by atoms with E-state index >= 15 is 0 Å². The summed E-state index contributed by atoms with van der Waals surface area (Å²) in [5, 5.41) is 17.1. The maximum Gasteiger partial charge on any atom is 0.424 e. The fourth-order valence-corrected chi connectivity index (χ4v) is 3.90. The number of ether oxygens (including phenoxy) is 1. The molecule has 0 spiro atoms. The molecule has 1 unspecified atom stereocenters. The lowest BCUT2D eigenvalue weighted by Crippen LogP contribution is -2.47. The minimum atomic E-state index is -4.96. The Hall–Kier alpha value is -3.84. The third-order valence-electron chi connectivity index (χ3n) is 5.70. The molecular weight excluding hydrogens is 429 g/mol. The van der Waals surface area contributed by atoms with Crippen molar-refractivity contribution in [2.75, 3.05) is 6.61 Å². The van der Waals surface area contributed by atoms with Crippen LogP contribution in [0, 0.1) is 0 Å². The molecule has 1 N–H and O–H groups in total. The average molecular weight is 448 g/mol. The van der Waals surface area contributed by atoms with E-state index in [9.17, 15) is 18.3 Å². The van der Waals surface area contributed by atoms with Crippen molar-refractivity contribution >= 4 is 21.7 Å². The SMILES string of the molecule is OC(COc1cccc2ccccc12)(c1ccc2c(cnn2-c2ccccc2)c1)C(F)(F)F. The van der Waals surface area contributed by atoms with Crippen molar-refractivity contribution in [1.29, 1.82) is 0 Å². The zero-order valence-electron chi connectivity index (χ0n) is 17.3. The molecule has 0 saturated heterocycles. The number of nitrogens with zero attached hydrogens (tertiary/aromatic N) is 2. The van der Waals surface area contributed by atoms with Crippen molar-refractivity contribution in [2.45, 2.75) is 11.8 Å². The lowest BCUT2D eigenvalue weighted by Gasteiger charge is -2.31. The summed E-state index contributed by atoms with van der Waals surface area (Å²) in [7, 11) is 0. The van der Waals surface area contributed by atoms with E-state index < -0.39 is 18.4 Å². The van der Waals surface area contributed by atoms with Crippen LogP contribution in [0.5, 0.6) is 5.75 Å². The van der Waals surface area contributed by atoms with Gasteiger partial charge in [0, 0.05) is 10.8 Å². The molecule has 166 valence electrons. The Kier molecular flexibility index (Phi) is 5.06. The Balaban J connectivity index is 1.52. The van der Waals surface area contributed by atoms with E-state index in [4.69, 9.17) is 4.74 Å². The van der Waals surface area contributed by atoms with Crippen molar-refractivity contribution in [1.82, 2.24) is 9.78 Å². The number of aromatic nitrogens is 2. The van der Waals surface area contributed by atoms with Crippen molar-refractivity contribution < 1.29 is 23.0 Å². The fraction of sp³-hybridized carbons (Fsp3) is 0.115. The number of hydrogen-bond donors (Lipinski definition) is 1. The summed E-state index contributed by atoms with van der Waals surface area (Å²) in [5.41, 5.74) is -2.10. The lowest BCUT2D eigenvalue weighted by molar-refractivity contribution is -0.275. The van der Waals surface area contributed by atoms with Crippen LogP contribution >= 0.6 is 0 Å². The molecule has 0 bridgehead atoms. The topological polar surface area (TPSA) is 47.3 Å². The molecule has 0 radical (unpaired) electrons. The van der Waals surface area contributed by atoms with Crippen LogP contribution in [0.15, 0.2) is 97.2 Å². The van der Waals surface area contributed by atoms with Crippen LogP contribution in [0.3, 0.4) is 0 Å². The molecule has 0 aliphatic heterocycles. The molecule has 0 fully saturated rings. The largest absolute Gasteiger partial charge is 0.489 e. The molecule has 4 aromatic carbocycles. The highest BCUT2D eigenvalue weighted by molar-refractivity contribution is 5.88. The van der Waals surface area contributed by atoms with E-state index in [1.807, 2.05) is 48.5 Å². The molecule has 0 amide bonds. The Bertz CT molecular complexity index is 1420. The van der Waals surface area contributed by atoms with E-state index in [1.165, 1.54) is 24.4 Å². The summed E-state index contributed by atoms with van der Waals surface area (Å²) in [5.74, 6) is 0.272. The van der Waals surface area contributed by atoms with Crippen molar-refractivity contribution in [3.8, 4) is 11.4 Å². The van der Waals surface area contributed by atoms with Gasteiger partial charge in [-0.3, -0.25) is 0 Å². The second-order valence-corrected chi connectivity index (χ2v) is 7.79. The zero-order valence-corrected chi connectivity index (χ0v) is 17.3. The van der Waals surface area contributed by atoms with Crippen LogP contribution < -0.4 is 4.74 Å². The van der Waals surface area contributed by atoms with Gasteiger partial charge in [-0.1, -0.05) is 60.7 Å². The van der Waals surface area contributed by atoms with Crippen LogP contribution in [0.1, 0.15) is 5.56 Å². The van der Waals surface area contributed by atoms with Crippen molar-refractivity contribution in [3.05, 3.63) is 103 Å². The van der Waals surface area contributed by atoms with Gasteiger partial charge in [-0.05, 0) is 41.3 Å². The quantitative estimate of drug-likeness (QED) is 0.358. The first-order valence-corrected chi connectivity index (χ1v) is 10.3. The summed E-state index contributed by atoms with van der Waals surface area (Å²) in [6, 6.07) is 25.7. The summed E-state index contributed by atoms with van der Waals surface area (Å²) in [6.45, 7) is -0.983. The zero-order chi connectivity index (χ0) is 23.1. The Morgan fingerprint density at radius 1 is 0.818 bits per heavy atom. The first-order chi connectivity index (χ1) is 15.9. The van der Waals surface area contributed by atoms with Gasteiger partial charge in [0.1, 0.15) is 12.4 Å². The van der Waals surface area contributed by atoms with E-state index in [2.05, 4.69) is 5.10 Å². The molecule has 5 aromatic rings. The Labute approximate surface area is 187 Å². The Morgan fingerprint density at radius 2 is 1.55 bits per heavy atom. The van der Waals surface area contributed by atoms with E-state index in [-0.39, 0.29) is 11.3 Å². The van der Waals surface area contributed by atoms with Crippen LogP contribution in [0.25, 0.3) is 27.4 Å². The monoisotopic (exact) mass is 448 g/mol. The third-order valence-corrected chi connectivity index (χ3v) is 5.70. The molecule has 1 heterocycles. The maximum atomic E-state index is 14.1. The number of rotatable bonds is 5. The van der Waals surface area contributed by atoms with Gasteiger partial charge < -0.3 is 9.84 Å². The molecule has 1 aromatic heterocycles. The highest BCUT2D eigenvalue weighted by atomic mass is 19.4. The first kappa shape index (κ1) is 21.0. The Morgan fingerprint density at radius 3 is 2.33 bits per heavy atom. The fourth-order valence-electron chi connectivity index (χ4n) is 3.90. The van der Waals surface area contributed by atoms with Gasteiger partial charge in [-0.15, -0.1) is 0 Å². The molecule has 5 rings (SSSR count). The number of halogens is 3. The molecular formula is C26H19F3N2O2. The van der Waals surface area contributed by atoms with Gasteiger partial charge in [0.15, 0.2) is 0 Å². The predicted octanol–water partition coefficient (Wildman–Crippen LogP) is 6.01. The smallest absolute Gasteiger partial charge is 0.424 e. The van der Waals surface area contributed by atoms with Gasteiger partial charge in [0.25, 0.3) is 0 Å². The molecule has 1 atom stereocenters. The number of benzene rings is 4.